The molecular formula is C35H37F2N5O6. The number of nitrogens with one attached hydrogen (secondary N) is 4. The van der Waals surface area contributed by atoms with Crippen LogP contribution in [0.25, 0.3) is 10.9 Å². The summed E-state index contributed by atoms with van der Waals surface area (Å²) < 4.78 is 45.4. The molecule has 1 fully saturated rings. The van der Waals surface area contributed by atoms with Gasteiger partial charge in [0.15, 0.2) is 11.6 Å². The van der Waals surface area contributed by atoms with Gasteiger partial charge in [-0.3, -0.25) is 19.4 Å². The highest BCUT2D eigenvalue weighted by Gasteiger charge is 2.56. The number of benzene rings is 3. The van der Waals surface area contributed by atoms with E-state index in [9.17, 15) is 18.8 Å². The number of rotatable bonds is 16. The van der Waals surface area contributed by atoms with E-state index in [1.54, 1.807) is 37.5 Å². The van der Waals surface area contributed by atoms with Crippen molar-refractivity contribution in [1.29, 1.82) is 0 Å². The van der Waals surface area contributed by atoms with Gasteiger partial charge in [0, 0.05) is 41.6 Å². The van der Waals surface area contributed by atoms with E-state index in [0.29, 0.717) is 60.6 Å². The van der Waals surface area contributed by atoms with E-state index in [-0.39, 0.29) is 30.1 Å². The second kappa shape index (κ2) is 15.6. The number of amides is 2. The molecule has 11 nitrogen and oxygen atoms in total. The van der Waals surface area contributed by atoms with Gasteiger partial charge in [-0.05, 0) is 94.4 Å². The molecule has 2 amide bonds. The lowest BCUT2D eigenvalue weighted by molar-refractivity contribution is -0.146. The first kappa shape index (κ1) is 34.2. The zero-order valence-electron chi connectivity index (χ0n) is 26.6. The molecule has 5 rings (SSSR count). The number of esters is 1. The van der Waals surface area contributed by atoms with Crippen molar-refractivity contribution < 1.29 is 37.4 Å². The summed E-state index contributed by atoms with van der Waals surface area (Å²) in [6.07, 6.45) is 2.72. The minimum Gasteiger partial charge on any atom is -0.493 e. The Labute approximate surface area is 276 Å². The van der Waals surface area contributed by atoms with E-state index in [1.807, 2.05) is 6.92 Å². The van der Waals surface area contributed by atoms with Crippen molar-refractivity contribution in [1.82, 2.24) is 15.6 Å². The molecule has 0 saturated heterocycles. The second-order valence-corrected chi connectivity index (χ2v) is 11.5. The number of carbonyl (C=O) groups excluding carboxylic acids is 3. The Balaban J connectivity index is 1.12. The Morgan fingerprint density at radius 2 is 1.65 bits per heavy atom. The molecule has 13 heteroatoms. The molecule has 48 heavy (non-hydrogen) atoms. The quantitative estimate of drug-likeness (QED) is 0.0728. The molecule has 0 radical (unpaired) electrons. The minimum absolute atomic E-state index is 0.0605. The van der Waals surface area contributed by atoms with Gasteiger partial charge >= 0.3 is 5.97 Å². The summed E-state index contributed by atoms with van der Waals surface area (Å²) in [4.78, 5) is 41.7. The van der Waals surface area contributed by atoms with Crippen LogP contribution in [0.5, 0.6) is 17.2 Å². The van der Waals surface area contributed by atoms with Gasteiger partial charge in [0.2, 0.25) is 11.8 Å². The maximum Gasteiger partial charge on any atom is 0.320 e. The van der Waals surface area contributed by atoms with Gasteiger partial charge in [0.25, 0.3) is 0 Å². The Kier molecular flexibility index (Phi) is 11.1. The maximum absolute atomic E-state index is 15.1. The minimum atomic E-state index is -1.28. The van der Waals surface area contributed by atoms with E-state index in [0.717, 1.165) is 12.5 Å². The van der Waals surface area contributed by atoms with Crippen molar-refractivity contribution in [3.05, 3.63) is 84.6 Å². The van der Waals surface area contributed by atoms with Gasteiger partial charge < -0.3 is 35.5 Å². The number of nitrogens with zero attached hydrogens (tertiary/aromatic N) is 1. The number of halogens is 2. The predicted octanol–water partition coefficient (Wildman–Crippen LogP) is 5.17. The Morgan fingerprint density at radius 3 is 2.35 bits per heavy atom. The van der Waals surface area contributed by atoms with Crippen LogP contribution in [-0.4, -0.2) is 62.2 Å². The third-order valence-corrected chi connectivity index (χ3v) is 7.66. The van der Waals surface area contributed by atoms with E-state index >= 15 is 4.39 Å². The van der Waals surface area contributed by atoms with Crippen LogP contribution in [0.4, 0.5) is 20.2 Å². The van der Waals surface area contributed by atoms with Crippen LogP contribution in [0.1, 0.15) is 26.2 Å². The number of anilines is 2. The van der Waals surface area contributed by atoms with Crippen molar-refractivity contribution in [3.63, 3.8) is 0 Å². The fraction of sp³-hybridized carbons (Fsp3) is 0.314. The lowest BCUT2D eigenvalue weighted by atomic mass is 10.0. The fourth-order valence-corrected chi connectivity index (χ4v) is 4.92. The molecule has 4 N–H and O–H groups in total. The summed E-state index contributed by atoms with van der Waals surface area (Å²) in [6.45, 7) is 3.67. The molecule has 1 heterocycles. The molecule has 1 atom stereocenters. The maximum atomic E-state index is 15.1. The molecule has 1 saturated carbocycles. The van der Waals surface area contributed by atoms with Crippen LogP contribution in [-0.2, 0) is 19.1 Å². The smallest absolute Gasteiger partial charge is 0.320 e. The number of aromatic nitrogens is 1. The van der Waals surface area contributed by atoms with Gasteiger partial charge in [-0.2, -0.15) is 0 Å². The van der Waals surface area contributed by atoms with Crippen LogP contribution in [0.3, 0.4) is 0 Å². The molecule has 0 spiro atoms. The highest BCUT2D eigenvalue weighted by Crippen LogP contribution is 2.47. The zero-order valence-corrected chi connectivity index (χ0v) is 26.6. The first-order valence-electron chi connectivity index (χ1n) is 15.6. The number of ether oxygens (including phenoxy) is 3. The zero-order chi connectivity index (χ0) is 34.1. The Hall–Kier alpha value is -5.14. The Morgan fingerprint density at radius 1 is 0.917 bits per heavy atom. The van der Waals surface area contributed by atoms with Crippen LogP contribution in [0.2, 0.25) is 0 Å². The highest BCUT2D eigenvalue weighted by atomic mass is 19.1. The summed E-state index contributed by atoms with van der Waals surface area (Å²) in [5.41, 5.74) is -0.140. The second-order valence-electron chi connectivity index (χ2n) is 11.5. The van der Waals surface area contributed by atoms with Gasteiger partial charge in [-0.25, -0.2) is 8.78 Å². The van der Waals surface area contributed by atoms with Gasteiger partial charge in [0.05, 0.1) is 18.7 Å². The standard InChI is InChI=1S/C35H37F2N5O6/c1-22(47-32(43)21-38-2)20-39-15-3-17-46-26-9-10-27-29(19-26)40-16-12-30(27)48-31-11-8-25(18-28(31)37)42-34(45)35(13-14-35)33(44)41-24-6-4-23(36)5-7-24/h4-12,16,18-19,22,38-39H,3,13-15,17,20-21H2,1-2H3,(H,41,44)(H,42,45). The lowest BCUT2D eigenvalue weighted by Crippen LogP contribution is -2.35. The van der Waals surface area contributed by atoms with Crippen molar-refractivity contribution in [2.24, 2.45) is 5.41 Å². The summed E-state index contributed by atoms with van der Waals surface area (Å²) in [5.74, 6) is -1.57. The number of hydrogen-bond acceptors (Lipinski definition) is 9. The number of pyridine rings is 1. The van der Waals surface area contributed by atoms with Crippen LogP contribution in [0, 0.1) is 17.0 Å². The Bertz CT molecular complexity index is 1770. The number of carbonyl (C=O) groups is 3. The van der Waals surface area contributed by atoms with E-state index in [1.165, 1.54) is 36.4 Å². The summed E-state index contributed by atoms with van der Waals surface area (Å²) in [5, 5.41) is 11.9. The van der Waals surface area contributed by atoms with Crippen molar-refractivity contribution in [3.8, 4) is 17.2 Å². The van der Waals surface area contributed by atoms with Crippen molar-refractivity contribution in [2.45, 2.75) is 32.3 Å². The largest absolute Gasteiger partial charge is 0.493 e. The molecule has 252 valence electrons. The molecule has 4 aromatic rings. The average molecular weight is 662 g/mol. The molecule has 1 aromatic heterocycles. The van der Waals surface area contributed by atoms with Crippen LogP contribution >= 0.6 is 0 Å². The SMILES string of the molecule is CNCC(=O)OC(C)CNCCCOc1ccc2c(Oc3ccc(NC(=O)C4(C(=O)Nc5ccc(F)cc5)CC4)cc3F)ccnc2c1. The van der Waals surface area contributed by atoms with Crippen LogP contribution in [0.15, 0.2) is 72.9 Å². The first-order valence-corrected chi connectivity index (χ1v) is 15.6. The molecule has 1 aliphatic carbocycles. The third kappa shape index (κ3) is 8.81. The van der Waals surface area contributed by atoms with E-state index in [2.05, 4.69) is 26.3 Å². The molecule has 3 aromatic carbocycles. The molecule has 1 aliphatic rings. The fourth-order valence-electron chi connectivity index (χ4n) is 4.92. The predicted molar refractivity (Wildman–Crippen MR) is 176 cm³/mol. The number of hydrogen-bond donors (Lipinski definition) is 4. The van der Waals surface area contributed by atoms with E-state index < -0.39 is 28.9 Å². The molecule has 1 unspecified atom stereocenters. The van der Waals surface area contributed by atoms with Crippen molar-refractivity contribution in [2.75, 3.05) is 43.9 Å². The van der Waals surface area contributed by atoms with Crippen LogP contribution < -0.4 is 30.7 Å². The summed E-state index contributed by atoms with van der Waals surface area (Å²) in [6, 6.07) is 16.2. The monoisotopic (exact) mass is 661 g/mol. The lowest BCUT2D eigenvalue weighted by Gasteiger charge is -2.16. The molecular weight excluding hydrogens is 624 g/mol. The first-order chi connectivity index (χ1) is 23.2. The summed E-state index contributed by atoms with van der Waals surface area (Å²) in [7, 11) is 1.69. The highest BCUT2D eigenvalue weighted by molar-refractivity contribution is 6.16. The third-order valence-electron chi connectivity index (χ3n) is 7.66. The summed E-state index contributed by atoms with van der Waals surface area (Å²) >= 11 is 0. The normalized spacial score (nSPS) is 13.8. The van der Waals surface area contributed by atoms with Gasteiger partial charge in [-0.1, -0.05) is 0 Å². The van der Waals surface area contributed by atoms with Gasteiger partial charge in [-0.15, -0.1) is 0 Å². The van der Waals surface area contributed by atoms with E-state index in [4.69, 9.17) is 14.2 Å². The molecule has 0 bridgehead atoms. The average Bonchev–Trinajstić information content (AvgIpc) is 3.88. The number of likely N-dealkylation sites (N-methyl/N-ethyl adjacent to an activating group) is 1. The van der Waals surface area contributed by atoms with Gasteiger partial charge in [0.1, 0.15) is 28.8 Å². The van der Waals surface area contributed by atoms with Crippen molar-refractivity contribution >= 4 is 40.1 Å². The number of fused-ring (bicyclic) bond motifs is 1. The molecule has 0 aliphatic heterocycles. The topological polar surface area (TPSA) is 140 Å².